The molecule has 10 heteroatoms. The van der Waals surface area contributed by atoms with E-state index in [-0.39, 0.29) is 12.1 Å². The number of alkyl halides is 2. The molecule has 1 atom stereocenters. The van der Waals surface area contributed by atoms with E-state index in [0.717, 1.165) is 58.8 Å². The molecule has 1 fully saturated rings. The molecule has 1 aliphatic rings. The molecule has 2 heterocycles. The number of aryl methyl sites for hydroxylation is 1. The van der Waals surface area contributed by atoms with Crippen molar-refractivity contribution >= 4 is 38.5 Å². The zero-order valence-corrected chi connectivity index (χ0v) is 23.3. The molecule has 2 N–H and O–H groups in total. The highest BCUT2D eigenvalue weighted by molar-refractivity contribution is 7.80. The highest BCUT2D eigenvalue weighted by Crippen LogP contribution is 2.44. The maximum Gasteiger partial charge on any atom is 0.322 e. The standard InChI is InChI=1S/C25H22F2N5OP.C3H8S/c1-14-11-15(29)5-7-18(14)23-20(13-28)19-8-6-17(12-21(19)32(23)16-3-2-4-16)33-24-30-10-9-22(31-24)25(26,27)34;1-2-3-4/h5-12,16H,2-4,29,34H2,1H3;4H,2-3H2,1H3. The Morgan fingerprint density at radius 3 is 2.55 bits per heavy atom. The second-order valence-electron chi connectivity index (χ2n) is 9.22. The van der Waals surface area contributed by atoms with Gasteiger partial charge in [0.05, 0.1) is 16.8 Å². The van der Waals surface area contributed by atoms with Crippen molar-refractivity contribution in [1.82, 2.24) is 14.5 Å². The number of ether oxygens (including phenoxy) is 1. The summed E-state index contributed by atoms with van der Waals surface area (Å²) in [6.07, 6.45) is 5.56. The second-order valence-corrected chi connectivity index (χ2v) is 10.4. The SMILES string of the molecule is CCCS.Cc1cc(N)ccc1-c1c(C#N)c2ccc(Oc3nccc(C(F)(F)P)n3)cc2n1C1CCC1. The Balaban J connectivity index is 0.000000786. The minimum Gasteiger partial charge on any atom is -0.424 e. The van der Waals surface area contributed by atoms with Crippen molar-refractivity contribution in [2.75, 3.05) is 11.5 Å². The van der Waals surface area contributed by atoms with Crippen molar-refractivity contribution in [3.63, 3.8) is 0 Å². The van der Waals surface area contributed by atoms with Gasteiger partial charge in [0.1, 0.15) is 17.5 Å². The fourth-order valence-corrected chi connectivity index (χ4v) is 4.55. The molecular weight excluding hydrogens is 523 g/mol. The van der Waals surface area contributed by atoms with Crippen LogP contribution in [0.2, 0.25) is 0 Å². The number of benzene rings is 2. The van der Waals surface area contributed by atoms with E-state index in [1.807, 2.05) is 37.3 Å². The average molecular weight is 554 g/mol. The van der Waals surface area contributed by atoms with Crippen LogP contribution in [0.5, 0.6) is 11.8 Å². The van der Waals surface area contributed by atoms with Crippen LogP contribution in [0.4, 0.5) is 14.5 Å². The highest BCUT2D eigenvalue weighted by Gasteiger charge is 2.29. The Bertz CT molecular complexity index is 1490. The van der Waals surface area contributed by atoms with Crippen LogP contribution in [0, 0.1) is 18.3 Å². The van der Waals surface area contributed by atoms with Gasteiger partial charge in [-0.2, -0.15) is 31.7 Å². The highest BCUT2D eigenvalue weighted by atomic mass is 32.1. The van der Waals surface area contributed by atoms with Crippen LogP contribution in [0.15, 0.2) is 48.7 Å². The predicted octanol–water partition coefficient (Wildman–Crippen LogP) is 7.63. The Morgan fingerprint density at radius 1 is 1.24 bits per heavy atom. The third kappa shape index (κ3) is 5.77. The van der Waals surface area contributed by atoms with E-state index >= 15 is 0 Å². The first kappa shape index (κ1) is 27.8. The molecular formula is C28H30F2N5OPS. The van der Waals surface area contributed by atoms with Crippen molar-refractivity contribution in [2.24, 2.45) is 0 Å². The largest absolute Gasteiger partial charge is 0.424 e. The van der Waals surface area contributed by atoms with Gasteiger partial charge in [-0.3, -0.25) is 0 Å². The van der Waals surface area contributed by atoms with Gasteiger partial charge in [0.2, 0.25) is 0 Å². The zero-order chi connectivity index (χ0) is 27.4. The Morgan fingerprint density at radius 2 is 1.97 bits per heavy atom. The van der Waals surface area contributed by atoms with Crippen LogP contribution in [-0.4, -0.2) is 20.3 Å². The molecule has 4 aromatic rings. The van der Waals surface area contributed by atoms with Gasteiger partial charge >= 0.3 is 6.01 Å². The Kier molecular flexibility index (Phi) is 8.54. The second kappa shape index (κ2) is 11.7. The van der Waals surface area contributed by atoms with Gasteiger partial charge in [-0.05, 0) is 74.3 Å². The summed E-state index contributed by atoms with van der Waals surface area (Å²) in [4.78, 5) is 7.81. The van der Waals surface area contributed by atoms with Crippen LogP contribution in [0.25, 0.3) is 22.2 Å². The fourth-order valence-electron chi connectivity index (χ4n) is 4.39. The molecule has 5 rings (SSSR count). The summed E-state index contributed by atoms with van der Waals surface area (Å²) in [5, 5.41) is 10.9. The predicted molar refractivity (Wildman–Crippen MR) is 154 cm³/mol. The number of nitriles is 1. The third-order valence-corrected chi connectivity index (χ3v) is 7.18. The number of thiol groups is 1. The number of hydrogen-bond acceptors (Lipinski definition) is 6. The maximum atomic E-state index is 13.6. The quantitative estimate of drug-likeness (QED) is 0.146. The molecule has 198 valence electrons. The number of rotatable bonds is 6. The molecule has 0 bridgehead atoms. The van der Waals surface area contributed by atoms with E-state index in [1.165, 1.54) is 21.9 Å². The van der Waals surface area contributed by atoms with E-state index in [4.69, 9.17) is 10.5 Å². The number of aromatic nitrogens is 3. The lowest BCUT2D eigenvalue weighted by Gasteiger charge is -2.30. The average Bonchev–Trinajstić information content (AvgIpc) is 3.16. The minimum atomic E-state index is -3.18. The first-order chi connectivity index (χ1) is 18.2. The molecule has 1 saturated carbocycles. The molecule has 0 amide bonds. The van der Waals surface area contributed by atoms with Crippen LogP contribution in [-0.2, 0) is 5.66 Å². The maximum absolute atomic E-state index is 13.6. The summed E-state index contributed by atoms with van der Waals surface area (Å²) in [5.74, 6) is 1.42. The van der Waals surface area contributed by atoms with Crippen LogP contribution in [0.3, 0.4) is 0 Å². The van der Waals surface area contributed by atoms with Crippen molar-refractivity contribution in [2.45, 2.75) is 51.2 Å². The molecule has 6 nitrogen and oxygen atoms in total. The van der Waals surface area contributed by atoms with Gasteiger partial charge in [-0.25, -0.2) is 4.98 Å². The van der Waals surface area contributed by atoms with Crippen molar-refractivity contribution in [3.8, 4) is 29.1 Å². The van der Waals surface area contributed by atoms with Crippen LogP contribution in [0.1, 0.15) is 55.5 Å². The number of anilines is 1. The molecule has 1 aliphatic carbocycles. The summed E-state index contributed by atoms with van der Waals surface area (Å²) in [6.45, 7) is 4.09. The van der Waals surface area contributed by atoms with Gasteiger partial charge < -0.3 is 15.0 Å². The number of halogens is 2. The summed E-state index contributed by atoms with van der Waals surface area (Å²) in [7, 11) is 1.46. The van der Waals surface area contributed by atoms with Gasteiger partial charge in [-0.1, -0.05) is 22.2 Å². The summed E-state index contributed by atoms with van der Waals surface area (Å²) >= 11 is 3.92. The molecule has 0 aliphatic heterocycles. The lowest BCUT2D eigenvalue weighted by Crippen LogP contribution is -2.18. The van der Waals surface area contributed by atoms with Gasteiger partial charge in [0, 0.05) is 34.9 Å². The van der Waals surface area contributed by atoms with Crippen molar-refractivity contribution < 1.29 is 13.5 Å². The van der Waals surface area contributed by atoms with E-state index in [1.54, 1.807) is 6.07 Å². The number of nitrogen functional groups attached to an aromatic ring is 1. The van der Waals surface area contributed by atoms with Crippen molar-refractivity contribution in [1.29, 1.82) is 5.26 Å². The Hall–Kier alpha value is -3.21. The Labute approximate surface area is 228 Å². The van der Waals surface area contributed by atoms with Gasteiger partial charge in [0.15, 0.2) is 0 Å². The lowest BCUT2D eigenvalue weighted by atomic mass is 9.91. The van der Waals surface area contributed by atoms with E-state index < -0.39 is 11.4 Å². The van der Waals surface area contributed by atoms with Gasteiger partial charge in [-0.15, -0.1) is 0 Å². The van der Waals surface area contributed by atoms with E-state index in [9.17, 15) is 14.0 Å². The third-order valence-electron chi connectivity index (χ3n) is 6.44. The van der Waals surface area contributed by atoms with E-state index in [2.05, 4.69) is 40.2 Å². The van der Waals surface area contributed by atoms with E-state index in [0.29, 0.717) is 17.0 Å². The zero-order valence-electron chi connectivity index (χ0n) is 21.3. The number of nitrogens with zero attached hydrogens (tertiary/aromatic N) is 4. The summed E-state index contributed by atoms with van der Waals surface area (Å²) < 4.78 is 35.3. The van der Waals surface area contributed by atoms with Crippen LogP contribution < -0.4 is 10.5 Å². The molecule has 2 aromatic carbocycles. The molecule has 2 aromatic heterocycles. The van der Waals surface area contributed by atoms with Crippen LogP contribution >= 0.6 is 21.9 Å². The summed E-state index contributed by atoms with van der Waals surface area (Å²) in [6, 6.07) is 14.7. The van der Waals surface area contributed by atoms with Gasteiger partial charge in [0.25, 0.3) is 5.66 Å². The summed E-state index contributed by atoms with van der Waals surface area (Å²) in [5.41, 5.74) is 7.23. The number of fused-ring (bicyclic) bond motifs is 1. The molecule has 0 spiro atoms. The molecule has 0 radical (unpaired) electrons. The molecule has 0 saturated heterocycles. The smallest absolute Gasteiger partial charge is 0.322 e. The minimum absolute atomic E-state index is 0.171. The fraction of sp³-hybridized carbons (Fsp3) is 0.321. The normalized spacial score (nSPS) is 13.4. The monoisotopic (exact) mass is 553 g/mol. The number of nitrogens with two attached hydrogens (primary N) is 1. The van der Waals surface area contributed by atoms with Crippen molar-refractivity contribution in [3.05, 3.63) is 65.5 Å². The lowest BCUT2D eigenvalue weighted by molar-refractivity contribution is 0.0976. The molecule has 38 heavy (non-hydrogen) atoms. The topological polar surface area (TPSA) is 89.8 Å². The first-order valence-electron chi connectivity index (χ1n) is 12.4. The first-order valence-corrected chi connectivity index (χ1v) is 13.6. The molecule has 1 unspecified atom stereocenters. The number of hydrogen-bond donors (Lipinski definition) is 2.